The maximum atomic E-state index is 3.74. The SMILES string of the molecule is Cc1ccn[c]n1. The minimum Gasteiger partial charge on any atom is -0.234 e. The molecule has 1 aromatic rings. The standard InChI is InChI=1S/C5H5N2/c1-5-2-3-6-4-7-5/h2-3H,1H3. The first-order chi connectivity index (χ1) is 3.39. The lowest BCUT2D eigenvalue weighted by Gasteiger charge is -1.80. The van der Waals surface area contributed by atoms with Crippen molar-refractivity contribution in [3.63, 3.8) is 0 Å². The Hall–Kier alpha value is -0.920. The van der Waals surface area contributed by atoms with Crippen molar-refractivity contribution in [3.8, 4) is 0 Å². The molecule has 0 atom stereocenters. The fourth-order valence-electron chi connectivity index (χ4n) is 0.323. The number of aromatic nitrogens is 2. The van der Waals surface area contributed by atoms with Crippen molar-refractivity contribution in [3.05, 3.63) is 24.3 Å². The van der Waals surface area contributed by atoms with E-state index < -0.39 is 0 Å². The number of rotatable bonds is 0. The molecule has 0 unspecified atom stereocenters. The lowest BCUT2D eigenvalue weighted by Crippen LogP contribution is -1.78. The zero-order valence-electron chi connectivity index (χ0n) is 4.05. The molecule has 2 heteroatoms. The van der Waals surface area contributed by atoms with Gasteiger partial charge in [0.1, 0.15) is 0 Å². The summed E-state index contributed by atoms with van der Waals surface area (Å²) in [4.78, 5) is 7.35. The van der Waals surface area contributed by atoms with Crippen LogP contribution in [-0.2, 0) is 0 Å². The third-order valence-electron chi connectivity index (χ3n) is 0.674. The summed E-state index contributed by atoms with van der Waals surface area (Å²) in [5.74, 6) is 0. The summed E-state index contributed by atoms with van der Waals surface area (Å²) in [6, 6.07) is 1.83. The molecule has 0 fully saturated rings. The number of nitrogens with zero attached hydrogens (tertiary/aromatic N) is 2. The quantitative estimate of drug-likeness (QED) is 0.469. The van der Waals surface area contributed by atoms with E-state index in [9.17, 15) is 0 Å². The molecule has 1 rings (SSSR count). The molecule has 0 spiro atoms. The summed E-state index contributed by atoms with van der Waals surface area (Å²) in [7, 11) is 0. The lowest BCUT2D eigenvalue weighted by atomic mass is 10.5. The molecule has 2 nitrogen and oxygen atoms in total. The largest absolute Gasteiger partial charge is 0.234 e. The molecule has 0 amide bonds. The highest BCUT2D eigenvalue weighted by Gasteiger charge is 1.75. The summed E-state index contributed by atoms with van der Waals surface area (Å²) in [6.45, 7) is 1.90. The van der Waals surface area contributed by atoms with Crippen LogP contribution in [0.25, 0.3) is 0 Å². The van der Waals surface area contributed by atoms with Crippen LogP contribution in [0.15, 0.2) is 12.3 Å². The lowest BCUT2D eigenvalue weighted by molar-refractivity contribution is 1.09. The van der Waals surface area contributed by atoms with Crippen LogP contribution in [0.5, 0.6) is 0 Å². The van der Waals surface area contributed by atoms with Gasteiger partial charge < -0.3 is 0 Å². The average Bonchev–Trinajstić information content (AvgIpc) is 1.69. The first-order valence-electron chi connectivity index (χ1n) is 2.05. The Morgan fingerprint density at radius 1 is 1.71 bits per heavy atom. The minimum absolute atomic E-state index is 0.954. The van der Waals surface area contributed by atoms with Crippen molar-refractivity contribution in [2.75, 3.05) is 0 Å². The first-order valence-corrected chi connectivity index (χ1v) is 2.05. The molecule has 1 aromatic heterocycles. The second kappa shape index (κ2) is 1.69. The number of hydrogen-bond acceptors (Lipinski definition) is 2. The fourth-order valence-corrected chi connectivity index (χ4v) is 0.323. The van der Waals surface area contributed by atoms with E-state index in [1.165, 1.54) is 0 Å². The van der Waals surface area contributed by atoms with Gasteiger partial charge >= 0.3 is 0 Å². The molecule has 0 N–H and O–H groups in total. The van der Waals surface area contributed by atoms with E-state index in [1.54, 1.807) is 6.20 Å². The number of hydrogen-bond donors (Lipinski definition) is 0. The van der Waals surface area contributed by atoms with Gasteiger partial charge in [-0.2, -0.15) is 0 Å². The zero-order valence-corrected chi connectivity index (χ0v) is 4.05. The molecule has 0 aliphatic heterocycles. The van der Waals surface area contributed by atoms with Crippen LogP contribution in [0.2, 0.25) is 0 Å². The van der Waals surface area contributed by atoms with Gasteiger partial charge in [0.15, 0.2) is 6.33 Å². The second-order valence-corrected chi connectivity index (χ2v) is 1.30. The molecule has 0 aromatic carbocycles. The van der Waals surface area contributed by atoms with E-state index in [0.717, 1.165) is 5.69 Å². The highest BCUT2D eigenvalue weighted by molar-refractivity contribution is 4.92. The topological polar surface area (TPSA) is 25.8 Å². The normalized spacial score (nSPS) is 8.71. The average molecular weight is 93.1 g/mol. The molecular formula is C5H5N2. The Bertz CT molecular complexity index is 136. The molecule has 1 heterocycles. The summed E-state index contributed by atoms with van der Waals surface area (Å²) in [5, 5.41) is 0. The van der Waals surface area contributed by atoms with Gasteiger partial charge in [-0.1, -0.05) is 0 Å². The van der Waals surface area contributed by atoms with Gasteiger partial charge in [0.25, 0.3) is 0 Å². The molecule has 0 aliphatic carbocycles. The molecule has 7 heavy (non-hydrogen) atoms. The predicted molar refractivity (Wildman–Crippen MR) is 25.6 cm³/mol. The number of aryl methyl sites for hydroxylation is 1. The maximum Gasteiger partial charge on any atom is 0.197 e. The highest BCUT2D eigenvalue weighted by Crippen LogP contribution is 1.81. The third kappa shape index (κ3) is 0.961. The van der Waals surface area contributed by atoms with Crippen molar-refractivity contribution >= 4 is 0 Å². The Kier molecular flexibility index (Phi) is 1.02. The molecule has 1 radical (unpaired) electrons. The van der Waals surface area contributed by atoms with Crippen LogP contribution < -0.4 is 0 Å². The second-order valence-electron chi connectivity index (χ2n) is 1.30. The Balaban J connectivity index is 3.02. The van der Waals surface area contributed by atoms with E-state index in [0.29, 0.717) is 0 Å². The van der Waals surface area contributed by atoms with Gasteiger partial charge in [-0.15, -0.1) is 0 Å². The first kappa shape index (κ1) is 4.24. The molecule has 0 bridgehead atoms. The van der Waals surface area contributed by atoms with Crippen molar-refractivity contribution in [2.24, 2.45) is 0 Å². The van der Waals surface area contributed by atoms with Gasteiger partial charge in [-0.05, 0) is 13.0 Å². The minimum atomic E-state index is 0.954. The molecule has 35 valence electrons. The smallest absolute Gasteiger partial charge is 0.197 e. The van der Waals surface area contributed by atoms with Gasteiger partial charge in [-0.3, -0.25) is 0 Å². The van der Waals surface area contributed by atoms with Crippen molar-refractivity contribution in [1.82, 2.24) is 9.97 Å². The van der Waals surface area contributed by atoms with Crippen LogP contribution in [-0.4, -0.2) is 9.97 Å². The Morgan fingerprint density at radius 2 is 2.57 bits per heavy atom. The zero-order chi connectivity index (χ0) is 5.11. The van der Waals surface area contributed by atoms with E-state index in [-0.39, 0.29) is 0 Å². The van der Waals surface area contributed by atoms with E-state index in [2.05, 4.69) is 16.3 Å². The highest BCUT2D eigenvalue weighted by atomic mass is 14.8. The molecular weight excluding hydrogens is 88.1 g/mol. The molecule has 0 aliphatic rings. The van der Waals surface area contributed by atoms with Gasteiger partial charge in [0.2, 0.25) is 0 Å². The predicted octanol–water partition coefficient (Wildman–Crippen LogP) is 0.585. The summed E-state index contributed by atoms with van der Waals surface area (Å²) >= 11 is 0. The van der Waals surface area contributed by atoms with Crippen LogP contribution in [0, 0.1) is 13.3 Å². The summed E-state index contributed by atoms with van der Waals surface area (Å²) in [6.07, 6.45) is 4.13. The van der Waals surface area contributed by atoms with Crippen molar-refractivity contribution < 1.29 is 0 Å². The molecule has 0 saturated heterocycles. The maximum absolute atomic E-state index is 3.74. The van der Waals surface area contributed by atoms with E-state index >= 15 is 0 Å². The monoisotopic (exact) mass is 93.0 g/mol. The van der Waals surface area contributed by atoms with Crippen LogP contribution in [0.4, 0.5) is 0 Å². The van der Waals surface area contributed by atoms with Crippen LogP contribution in [0.3, 0.4) is 0 Å². The summed E-state index contributed by atoms with van der Waals surface area (Å²) < 4.78 is 0. The fraction of sp³-hybridized carbons (Fsp3) is 0.200. The van der Waals surface area contributed by atoms with Crippen LogP contribution in [0.1, 0.15) is 5.69 Å². The van der Waals surface area contributed by atoms with Gasteiger partial charge in [0, 0.05) is 11.9 Å². The van der Waals surface area contributed by atoms with Gasteiger partial charge in [0.05, 0.1) is 0 Å². The van der Waals surface area contributed by atoms with Crippen molar-refractivity contribution in [2.45, 2.75) is 6.92 Å². The van der Waals surface area contributed by atoms with E-state index in [1.807, 2.05) is 13.0 Å². The van der Waals surface area contributed by atoms with Crippen LogP contribution >= 0.6 is 0 Å². The summed E-state index contributed by atoms with van der Waals surface area (Å²) in [5.41, 5.74) is 0.954. The van der Waals surface area contributed by atoms with Crippen molar-refractivity contribution in [1.29, 1.82) is 0 Å². The van der Waals surface area contributed by atoms with E-state index in [4.69, 9.17) is 0 Å². The third-order valence-corrected chi connectivity index (χ3v) is 0.674. The Labute approximate surface area is 42.2 Å². The van der Waals surface area contributed by atoms with Gasteiger partial charge in [-0.25, -0.2) is 9.97 Å². The molecule has 0 saturated carbocycles. The Morgan fingerprint density at radius 3 is 2.86 bits per heavy atom.